The molecule has 21 heavy (non-hydrogen) atoms. The van der Waals surface area contributed by atoms with Crippen molar-refractivity contribution in [3.05, 3.63) is 38.7 Å². The molecule has 2 rings (SSSR count). The van der Waals surface area contributed by atoms with Crippen molar-refractivity contribution in [2.24, 2.45) is 0 Å². The fourth-order valence-electron chi connectivity index (χ4n) is 2.52. The van der Waals surface area contributed by atoms with Gasteiger partial charge in [0.05, 0.1) is 11.3 Å². The quantitative estimate of drug-likeness (QED) is 0.697. The molecule has 1 unspecified atom stereocenters. The average molecular weight is 293 g/mol. The summed E-state index contributed by atoms with van der Waals surface area (Å²) >= 11 is 0. The van der Waals surface area contributed by atoms with Gasteiger partial charge in [-0.2, -0.15) is 0 Å². The lowest BCUT2D eigenvalue weighted by Crippen LogP contribution is -2.31. The van der Waals surface area contributed by atoms with Gasteiger partial charge in [0.2, 0.25) is 11.8 Å². The van der Waals surface area contributed by atoms with Gasteiger partial charge < -0.3 is 10.1 Å². The van der Waals surface area contributed by atoms with Crippen LogP contribution in [0, 0.1) is 0 Å². The van der Waals surface area contributed by atoms with E-state index in [9.17, 15) is 14.4 Å². The number of carbonyl (C=O) groups excluding carboxylic acids is 1. The second-order valence-electron chi connectivity index (χ2n) is 5.17. The first-order valence-corrected chi connectivity index (χ1v) is 6.94. The largest absolute Gasteiger partial charge is 0.445 e. The molecule has 0 aromatic carbocycles. The van der Waals surface area contributed by atoms with Crippen LogP contribution in [-0.4, -0.2) is 22.4 Å². The number of fused-ring (bicyclic) bond motifs is 1. The van der Waals surface area contributed by atoms with Gasteiger partial charge >= 0.3 is 5.69 Å². The number of aromatic amines is 2. The normalized spacial score (nSPS) is 17.0. The van der Waals surface area contributed by atoms with E-state index in [1.807, 2.05) is 0 Å². The number of unbranched alkanes of at least 4 members (excludes halogenated alkanes) is 1. The van der Waals surface area contributed by atoms with E-state index in [-0.39, 0.29) is 17.7 Å². The van der Waals surface area contributed by atoms with Gasteiger partial charge in [-0.05, 0) is 12.8 Å². The average Bonchev–Trinajstić information content (AvgIpc) is 2.36. The van der Waals surface area contributed by atoms with Crippen molar-refractivity contribution in [3.63, 3.8) is 0 Å². The Hall–Kier alpha value is -2.31. The van der Waals surface area contributed by atoms with Crippen LogP contribution in [0.4, 0.5) is 0 Å². The molecular weight excluding hydrogens is 274 g/mol. The zero-order chi connectivity index (χ0) is 15.4. The minimum Gasteiger partial charge on any atom is -0.445 e. The van der Waals surface area contributed by atoms with Crippen LogP contribution >= 0.6 is 0 Å². The Bertz CT molecular complexity index is 659. The highest BCUT2D eigenvalue weighted by molar-refractivity contribution is 5.72. The third kappa shape index (κ3) is 3.84. The first-order chi connectivity index (χ1) is 9.97. The van der Waals surface area contributed by atoms with E-state index in [2.05, 4.69) is 21.9 Å². The summed E-state index contributed by atoms with van der Waals surface area (Å²) in [6.07, 6.45) is 3.02. The lowest BCUT2D eigenvalue weighted by Gasteiger charge is -2.25. The summed E-state index contributed by atoms with van der Waals surface area (Å²) in [6.45, 7) is 5.88. The van der Waals surface area contributed by atoms with Crippen molar-refractivity contribution in [1.82, 2.24) is 15.3 Å². The molecule has 0 radical (unpaired) electrons. The second-order valence-corrected chi connectivity index (χ2v) is 5.17. The van der Waals surface area contributed by atoms with E-state index >= 15 is 0 Å². The standard InChI is InChI=1S/C14H19N3O4/c1-8-7-10(5-3-4-6-15-9(2)18)11-12(19)16-14(20)17-13(11)21-8/h10H,1,3-7H2,2H3,(H,15,18)(H2,16,17,19,20). The molecule has 1 atom stereocenters. The number of ether oxygens (including phenoxy) is 1. The van der Waals surface area contributed by atoms with Gasteiger partial charge in [0.15, 0.2) is 0 Å². The van der Waals surface area contributed by atoms with E-state index in [1.165, 1.54) is 6.92 Å². The molecule has 7 heteroatoms. The molecule has 1 aliphatic rings. The number of allylic oxidation sites excluding steroid dienone is 1. The summed E-state index contributed by atoms with van der Waals surface area (Å²) < 4.78 is 5.36. The van der Waals surface area contributed by atoms with Crippen LogP contribution < -0.4 is 21.3 Å². The molecule has 0 aliphatic carbocycles. The predicted molar refractivity (Wildman–Crippen MR) is 77.3 cm³/mol. The molecule has 2 heterocycles. The van der Waals surface area contributed by atoms with Crippen molar-refractivity contribution in [2.75, 3.05) is 6.54 Å². The zero-order valence-corrected chi connectivity index (χ0v) is 12.0. The maximum absolute atomic E-state index is 11.9. The fourth-order valence-corrected chi connectivity index (χ4v) is 2.52. The van der Waals surface area contributed by atoms with Gasteiger partial charge in [-0.25, -0.2) is 4.79 Å². The Labute approximate surface area is 121 Å². The van der Waals surface area contributed by atoms with E-state index in [0.29, 0.717) is 24.3 Å². The van der Waals surface area contributed by atoms with Crippen LogP contribution in [0.5, 0.6) is 5.88 Å². The minimum atomic E-state index is -0.585. The molecule has 0 spiro atoms. The van der Waals surface area contributed by atoms with Crippen molar-refractivity contribution < 1.29 is 9.53 Å². The van der Waals surface area contributed by atoms with Crippen molar-refractivity contribution >= 4 is 5.91 Å². The van der Waals surface area contributed by atoms with E-state index in [0.717, 1.165) is 19.3 Å². The Morgan fingerprint density at radius 1 is 1.38 bits per heavy atom. The Kier molecular flexibility index (Phi) is 4.62. The number of H-pyrrole nitrogens is 2. The molecule has 1 aliphatic heterocycles. The molecule has 0 fully saturated rings. The van der Waals surface area contributed by atoms with Crippen LogP contribution in [0.15, 0.2) is 21.9 Å². The van der Waals surface area contributed by atoms with Gasteiger partial charge in [-0.15, -0.1) is 0 Å². The smallest absolute Gasteiger partial charge is 0.328 e. The van der Waals surface area contributed by atoms with Gasteiger partial charge in [0.1, 0.15) is 0 Å². The molecule has 1 aromatic rings. The van der Waals surface area contributed by atoms with Crippen molar-refractivity contribution in [2.45, 2.75) is 38.5 Å². The third-order valence-corrected chi connectivity index (χ3v) is 3.43. The van der Waals surface area contributed by atoms with E-state index in [4.69, 9.17) is 4.74 Å². The Morgan fingerprint density at radius 3 is 2.86 bits per heavy atom. The SMILES string of the molecule is C=C1CC(CCCCNC(C)=O)c2c([nH]c(=O)[nH]c2=O)O1. The maximum atomic E-state index is 11.9. The molecule has 1 amide bonds. The minimum absolute atomic E-state index is 0.0285. The molecule has 0 saturated heterocycles. The van der Waals surface area contributed by atoms with Crippen LogP contribution in [0.1, 0.15) is 44.1 Å². The molecule has 114 valence electrons. The van der Waals surface area contributed by atoms with Crippen LogP contribution in [0.3, 0.4) is 0 Å². The van der Waals surface area contributed by atoms with Crippen LogP contribution in [0.2, 0.25) is 0 Å². The third-order valence-electron chi connectivity index (χ3n) is 3.43. The van der Waals surface area contributed by atoms with Gasteiger partial charge in [-0.3, -0.25) is 19.6 Å². The lowest BCUT2D eigenvalue weighted by molar-refractivity contribution is -0.118. The maximum Gasteiger partial charge on any atom is 0.328 e. The highest BCUT2D eigenvalue weighted by Crippen LogP contribution is 2.35. The summed E-state index contributed by atoms with van der Waals surface area (Å²) in [5.74, 6) is 0.662. The van der Waals surface area contributed by atoms with Crippen molar-refractivity contribution in [3.8, 4) is 5.88 Å². The highest BCUT2D eigenvalue weighted by Gasteiger charge is 2.27. The predicted octanol–water partition coefficient (Wildman–Crippen LogP) is 0.749. The van der Waals surface area contributed by atoms with Crippen LogP contribution in [-0.2, 0) is 4.79 Å². The summed E-state index contributed by atoms with van der Waals surface area (Å²) in [6, 6.07) is 0. The molecule has 1 aromatic heterocycles. The summed E-state index contributed by atoms with van der Waals surface area (Å²) in [5.41, 5.74) is -0.521. The molecule has 0 saturated carbocycles. The fraction of sp³-hybridized carbons (Fsp3) is 0.500. The number of rotatable bonds is 5. The van der Waals surface area contributed by atoms with Crippen molar-refractivity contribution in [1.29, 1.82) is 0 Å². The molecular formula is C14H19N3O4. The number of amides is 1. The first kappa shape index (κ1) is 15.1. The topological polar surface area (TPSA) is 104 Å². The zero-order valence-electron chi connectivity index (χ0n) is 12.0. The van der Waals surface area contributed by atoms with E-state index in [1.54, 1.807) is 0 Å². The summed E-state index contributed by atoms with van der Waals surface area (Å²) in [4.78, 5) is 38.7. The van der Waals surface area contributed by atoms with Gasteiger partial charge in [0.25, 0.3) is 5.56 Å². The number of aromatic nitrogens is 2. The lowest BCUT2D eigenvalue weighted by atomic mass is 9.89. The molecule has 7 nitrogen and oxygen atoms in total. The molecule has 3 N–H and O–H groups in total. The molecule has 0 bridgehead atoms. The summed E-state index contributed by atoms with van der Waals surface area (Å²) in [7, 11) is 0. The number of nitrogens with one attached hydrogen (secondary N) is 3. The number of carbonyl (C=O) groups is 1. The Balaban J connectivity index is 2.05. The van der Waals surface area contributed by atoms with Gasteiger partial charge in [0, 0.05) is 25.8 Å². The van der Waals surface area contributed by atoms with E-state index < -0.39 is 11.2 Å². The number of hydrogen-bond donors (Lipinski definition) is 3. The Morgan fingerprint density at radius 2 is 2.14 bits per heavy atom. The van der Waals surface area contributed by atoms with Crippen LogP contribution in [0.25, 0.3) is 0 Å². The first-order valence-electron chi connectivity index (χ1n) is 6.94. The highest BCUT2D eigenvalue weighted by atomic mass is 16.5. The van der Waals surface area contributed by atoms with Gasteiger partial charge in [-0.1, -0.05) is 13.0 Å². The number of hydrogen-bond acceptors (Lipinski definition) is 4. The second kappa shape index (κ2) is 6.43. The summed E-state index contributed by atoms with van der Waals surface area (Å²) in [5, 5.41) is 2.73. The monoisotopic (exact) mass is 293 g/mol.